The van der Waals surface area contributed by atoms with E-state index in [4.69, 9.17) is 10.2 Å². The second-order valence-corrected chi connectivity index (χ2v) is 5.73. The minimum Gasteiger partial charge on any atom is -0.481 e. The van der Waals surface area contributed by atoms with Crippen molar-refractivity contribution in [3.05, 3.63) is 0 Å². The fourth-order valence-electron chi connectivity index (χ4n) is 1.89. The molecule has 0 heterocycles. The smallest absolute Gasteiger partial charge is 0.307 e. The Kier molecular flexibility index (Phi) is 4.14. The number of aliphatic hydroxyl groups is 1. The summed E-state index contributed by atoms with van der Waals surface area (Å²) < 4.78 is 0. The van der Waals surface area contributed by atoms with Gasteiger partial charge in [-0.05, 0) is 18.3 Å². The molecule has 0 aliphatic heterocycles. The van der Waals surface area contributed by atoms with Crippen LogP contribution in [0.15, 0.2) is 0 Å². The van der Waals surface area contributed by atoms with Gasteiger partial charge in [0.15, 0.2) is 0 Å². The van der Waals surface area contributed by atoms with Gasteiger partial charge in [0.05, 0.1) is 11.8 Å². The first-order valence-electron chi connectivity index (χ1n) is 5.91. The molecule has 0 aromatic carbocycles. The Morgan fingerprint density at radius 2 is 1.94 bits per heavy atom. The van der Waals surface area contributed by atoms with Crippen molar-refractivity contribution in [2.75, 3.05) is 6.61 Å². The predicted molar refractivity (Wildman–Crippen MR) is 62.3 cm³/mol. The zero-order valence-electron chi connectivity index (χ0n) is 10.6. The third-order valence-electron chi connectivity index (χ3n) is 3.22. The van der Waals surface area contributed by atoms with Gasteiger partial charge in [0.25, 0.3) is 0 Å². The van der Waals surface area contributed by atoms with E-state index in [1.165, 1.54) is 0 Å². The number of hydrogen-bond donors (Lipinski definition) is 3. The molecule has 0 spiro atoms. The topological polar surface area (TPSA) is 86.6 Å². The fourth-order valence-corrected chi connectivity index (χ4v) is 1.89. The van der Waals surface area contributed by atoms with Gasteiger partial charge in [-0.25, -0.2) is 0 Å². The van der Waals surface area contributed by atoms with Crippen molar-refractivity contribution in [2.45, 2.75) is 39.7 Å². The molecule has 3 atom stereocenters. The quantitative estimate of drug-likeness (QED) is 0.660. The average Bonchev–Trinajstić information content (AvgIpc) is 2.94. The van der Waals surface area contributed by atoms with E-state index >= 15 is 0 Å². The lowest BCUT2D eigenvalue weighted by molar-refractivity contribution is -0.140. The summed E-state index contributed by atoms with van der Waals surface area (Å²) in [6.07, 6.45) is 0.914. The van der Waals surface area contributed by atoms with Crippen LogP contribution in [0.4, 0.5) is 0 Å². The summed E-state index contributed by atoms with van der Waals surface area (Å²) in [7, 11) is 0. The highest BCUT2D eigenvalue weighted by Gasteiger charge is 2.49. The van der Waals surface area contributed by atoms with E-state index < -0.39 is 17.8 Å². The van der Waals surface area contributed by atoms with Gasteiger partial charge in [-0.15, -0.1) is 0 Å². The van der Waals surface area contributed by atoms with Crippen LogP contribution in [-0.4, -0.2) is 34.7 Å². The van der Waals surface area contributed by atoms with Gasteiger partial charge in [-0.1, -0.05) is 20.8 Å². The first kappa shape index (κ1) is 14.0. The van der Waals surface area contributed by atoms with E-state index in [1.807, 2.05) is 20.8 Å². The highest BCUT2D eigenvalue weighted by Crippen LogP contribution is 2.39. The van der Waals surface area contributed by atoms with Crippen molar-refractivity contribution in [2.24, 2.45) is 17.3 Å². The van der Waals surface area contributed by atoms with E-state index in [0.717, 1.165) is 0 Å². The third-order valence-corrected chi connectivity index (χ3v) is 3.22. The first-order chi connectivity index (χ1) is 7.77. The molecule has 3 unspecified atom stereocenters. The fraction of sp³-hybridized carbons (Fsp3) is 0.833. The summed E-state index contributed by atoms with van der Waals surface area (Å²) in [5, 5.41) is 20.6. The highest BCUT2D eigenvalue weighted by atomic mass is 16.4. The van der Waals surface area contributed by atoms with Crippen LogP contribution in [0, 0.1) is 17.3 Å². The lowest BCUT2D eigenvalue weighted by Crippen LogP contribution is -2.45. The maximum Gasteiger partial charge on any atom is 0.307 e. The Morgan fingerprint density at radius 3 is 2.29 bits per heavy atom. The zero-order chi connectivity index (χ0) is 13.2. The molecule has 0 bridgehead atoms. The molecule has 1 amide bonds. The minimum atomic E-state index is -0.903. The van der Waals surface area contributed by atoms with Crippen molar-refractivity contribution < 1.29 is 19.8 Å². The molecule has 0 aromatic rings. The Morgan fingerprint density at radius 1 is 1.35 bits per heavy atom. The Hall–Kier alpha value is -1.10. The summed E-state index contributed by atoms with van der Waals surface area (Å²) in [5.74, 6) is -2.02. The second-order valence-electron chi connectivity index (χ2n) is 5.73. The van der Waals surface area contributed by atoms with Crippen LogP contribution in [0.5, 0.6) is 0 Å². The lowest BCUT2D eigenvalue weighted by atomic mass is 9.85. The molecule has 1 saturated carbocycles. The number of nitrogens with one attached hydrogen (secondary N) is 1. The van der Waals surface area contributed by atoms with Crippen LogP contribution in [0.3, 0.4) is 0 Å². The number of hydrogen-bond acceptors (Lipinski definition) is 3. The molecule has 3 N–H and O–H groups in total. The van der Waals surface area contributed by atoms with E-state index in [2.05, 4.69) is 5.32 Å². The summed E-state index contributed by atoms with van der Waals surface area (Å²) in [6.45, 7) is 5.95. The predicted octanol–water partition coefficient (Wildman–Crippen LogP) is 0.620. The van der Waals surface area contributed by atoms with Gasteiger partial charge < -0.3 is 15.5 Å². The minimum absolute atomic E-state index is 0.00917. The summed E-state index contributed by atoms with van der Waals surface area (Å²) in [6, 6.07) is -0.130. The van der Waals surface area contributed by atoms with E-state index in [9.17, 15) is 9.59 Å². The standard InChI is InChI=1S/C12H21NO4/c1-12(2,3)9(4-5-14)13-10(15)7-6-8(7)11(16)17/h7-9,14H,4-6H2,1-3H3,(H,13,15)(H,16,17). The molecule has 5 heteroatoms. The molecular formula is C12H21NO4. The van der Waals surface area contributed by atoms with Crippen LogP contribution in [-0.2, 0) is 9.59 Å². The molecule has 1 aliphatic rings. The molecule has 0 radical (unpaired) electrons. The van der Waals surface area contributed by atoms with Crippen LogP contribution < -0.4 is 5.32 Å². The van der Waals surface area contributed by atoms with Crippen molar-refractivity contribution in [1.82, 2.24) is 5.32 Å². The number of carbonyl (C=O) groups is 2. The summed E-state index contributed by atoms with van der Waals surface area (Å²) in [5.41, 5.74) is -0.147. The lowest BCUT2D eigenvalue weighted by Gasteiger charge is -2.31. The van der Waals surface area contributed by atoms with Gasteiger partial charge in [0.1, 0.15) is 0 Å². The normalized spacial score (nSPS) is 25.2. The van der Waals surface area contributed by atoms with Crippen molar-refractivity contribution >= 4 is 11.9 Å². The Bertz CT molecular complexity index is 308. The number of amides is 1. The van der Waals surface area contributed by atoms with Gasteiger partial charge >= 0.3 is 5.97 Å². The molecule has 1 rings (SSSR count). The summed E-state index contributed by atoms with van der Waals surface area (Å²) in [4.78, 5) is 22.5. The van der Waals surface area contributed by atoms with Gasteiger partial charge in [-0.2, -0.15) is 0 Å². The van der Waals surface area contributed by atoms with E-state index in [1.54, 1.807) is 0 Å². The van der Waals surface area contributed by atoms with Crippen LogP contribution in [0.25, 0.3) is 0 Å². The van der Waals surface area contributed by atoms with Crippen molar-refractivity contribution in [3.63, 3.8) is 0 Å². The second kappa shape index (κ2) is 5.04. The molecule has 17 heavy (non-hydrogen) atoms. The SMILES string of the molecule is CC(C)(C)C(CCO)NC(=O)C1CC1C(=O)O. The van der Waals surface area contributed by atoms with Crippen molar-refractivity contribution in [3.8, 4) is 0 Å². The number of aliphatic carboxylic acids is 1. The maximum absolute atomic E-state index is 11.8. The first-order valence-corrected chi connectivity index (χ1v) is 5.91. The van der Waals surface area contributed by atoms with Crippen LogP contribution in [0.1, 0.15) is 33.6 Å². The largest absolute Gasteiger partial charge is 0.481 e. The van der Waals surface area contributed by atoms with Gasteiger partial charge in [0, 0.05) is 12.6 Å². The zero-order valence-corrected chi connectivity index (χ0v) is 10.6. The number of carbonyl (C=O) groups excluding carboxylic acids is 1. The maximum atomic E-state index is 11.8. The van der Waals surface area contributed by atoms with E-state index in [-0.39, 0.29) is 24.0 Å². The van der Waals surface area contributed by atoms with Crippen LogP contribution in [0.2, 0.25) is 0 Å². The number of carboxylic acids is 1. The molecule has 0 aromatic heterocycles. The molecular weight excluding hydrogens is 222 g/mol. The molecule has 0 saturated heterocycles. The molecule has 1 fully saturated rings. The number of rotatable bonds is 5. The third kappa shape index (κ3) is 3.70. The van der Waals surface area contributed by atoms with Gasteiger partial charge in [0.2, 0.25) is 5.91 Å². The van der Waals surface area contributed by atoms with Crippen LogP contribution >= 0.6 is 0 Å². The van der Waals surface area contributed by atoms with Crippen molar-refractivity contribution in [1.29, 1.82) is 0 Å². The Balaban J connectivity index is 2.52. The molecule has 1 aliphatic carbocycles. The molecule has 5 nitrogen and oxygen atoms in total. The number of aliphatic hydroxyl groups excluding tert-OH is 1. The molecule has 98 valence electrons. The monoisotopic (exact) mass is 243 g/mol. The number of carboxylic acid groups (broad SMARTS) is 1. The average molecular weight is 243 g/mol. The van der Waals surface area contributed by atoms with E-state index in [0.29, 0.717) is 12.8 Å². The Labute approximate surface area is 101 Å². The van der Waals surface area contributed by atoms with Gasteiger partial charge in [-0.3, -0.25) is 9.59 Å². The highest BCUT2D eigenvalue weighted by molar-refractivity contribution is 5.89. The summed E-state index contributed by atoms with van der Waals surface area (Å²) >= 11 is 0.